The molecule has 0 aliphatic rings. The number of H-pyrrole nitrogens is 1. The largest absolute Gasteiger partial charge is 0.361 e. The highest BCUT2D eigenvalue weighted by Crippen LogP contribution is 2.19. The second kappa shape index (κ2) is 10.5. The molecule has 8 heteroatoms. The highest BCUT2D eigenvalue weighted by atomic mass is 16.5. The van der Waals surface area contributed by atoms with Crippen molar-refractivity contribution >= 4 is 28.7 Å². The molecule has 0 unspecified atom stereocenters. The van der Waals surface area contributed by atoms with Gasteiger partial charge in [0.2, 0.25) is 0 Å². The minimum Gasteiger partial charge on any atom is -0.361 e. The predicted octanol–water partition coefficient (Wildman–Crippen LogP) is 3.88. The van der Waals surface area contributed by atoms with Gasteiger partial charge in [-0.15, -0.1) is 0 Å². The lowest BCUT2D eigenvalue weighted by Gasteiger charge is -2.23. The monoisotopic (exact) mass is 456 g/mol. The summed E-state index contributed by atoms with van der Waals surface area (Å²) in [6.45, 7) is 0.603. The Morgan fingerprint density at radius 1 is 0.824 bits per heavy atom. The molecule has 0 aliphatic heterocycles. The van der Waals surface area contributed by atoms with Crippen molar-refractivity contribution in [2.75, 3.05) is 6.54 Å². The van der Waals surface area contributed by atoms with E-state index >= 15 is 0 Å². The molecule has 172 valence electrons. The minimum absolute atomic E-state index is 0.233. The van der Waals surface area contributed by atoms with E-state index in [1.807, 2.05) is 30.5 Å². The molecular formula is C26H24N4O4. The highest BCUT2D eigenvalue weighted by Gasteiger charge is 2.19. The number of para-hydroxylation sites is 1. The van der Waals surface area contributed by atoms with Crippen LogP contribution in [0.15, 0.2) is 85.1 Å². The summed E-state index contributed by atoms with van der Waals surface area (Å²) in [5, 5.41) is 12.3. The van der Waals surface area contributed by atoms with E-state index in [9.17, 15) is 14.4 Å². The second-order valence-electron chi connectivity index (χ2n) is 7.79. The second-order valence-corrected chi connectivity index (χ2v) is 7.79. The minimum atomic E-state index is -0.617. The van der Waals surface area contributed by atoms with E-state index in [1.54, 1.807) is 65.0 Å². The lowest BCUT2D eigenvalue weighted by atomic mass is 10.1. The quantitative estimate of drug-likeness (QED) is 0.250. The number of benzene rings is 3. The van der Waals surface area contributed by atoms with Crippen LogP contribution in [-0.4, -0.2) is 39.5 Å². The van der Waals surface area contributed by atoms with E-state index in [1.165, 1.54) is 0 Å². The van der Waals surface area contributed by atoms with Crippen LogP contribution in [0.5, 0.6) is 0 Å². The molecule has 1 aromatic heterocycles. The van der Waals surface area contributed by atoms with Gasteiger partial charge in [-0.1, -0.05) is 48.5 Å². The van der Waals surface area contributed by atoms with Crippen LogP contribution in [0.25, 0.3) is 10.9 Å². The summed E-state index contributed by atoms with van der Waals surface area (Å²) in [5.74, 6) is -1.09. The van der Waals surface area contributed by atoms with Crippen molar-refractivity contribution in [2.45, 2.75) is 13.0 Å². The van der Waals surface area contributed by atoms with E-state index in [0.717, 1.165) is 22.0 Å². The van der Waals surface area contributed by atoms with Gasteiger partial charge in [0.05, 0.1) is 0 Å². The maximum Gasteiger partial charge on any atom is 0.324 e. The third-order valence-electron chi connectivity index (χ3n) is 5.56. The fraction of sp³-hybridized carbons (Fsp3) is 0.115. The average molecular weight is 457 g/mol. The fourth-order valence-corrected chi connectivity index (χ4v) is 3.73. The third kappa shape index (κ3) is 5.31. The molecule has 4 N–H and O–H groups in total. The van der Waals surface area contributed by atoms with Crippen molar-refractivity contribution in [1.29, 1.82) is 0 Å². The zero-order chi connectivity index (χ0) is 23.9. The first kappa shape index (κ1) is 22.8. The third-order valence-corrected chi connectivity index (χ3v) is 5.56. The Balaban J connectivity index is 1.51. The van der Waals surface area contributed by atoms with E-state index < -0.39 is 17.8 Å². The van der Waals surface area contributed by atoms with Crippen LogP contribution in [-0.2, 0) is 13.0 Å². The number of fused-ring (bicyclic) bond motifs is 1. The summed E-state index contributed by atoms with van der Waals surface area (Å²) in [6, 6.07) is 22.5. The number of hydroxylamine groups is 1. The predicted molar refractivity (Wildman–Crippen MR) is 127 cm³/mol. The van der Waals surface area contributed by atoms with Gasteiger partial charge in [0.25, 0.3) is 11.8 Å². The molecule has 4 amide bonds. The van der Waals surface area contributed by atoms with Gasteiger partial charge < -0.3 is 9.88 Å². The van der Waals surface area contributed by atoms with Gasteiger partial charge in [-0.25, -0.2) is 10.3 Å². The van der Waals surface area contributed by atoms with Crippen LogP contribution in [0.4, 0.5) is 4.79 Å². The number of hydrogen-bond donors (Lipinski definition) is 4. The van der Waals surface area contributed by atoms with Crippen LogP contribution in [0.1, 0.15) is 31.8 Å². The molecular weight excluding hydrogens is 432 g/mol. The van der Waals surface area contributed by atoms with Gasteiger partial charge in [0.1, 0.15) is 0 Å². The molecule has 0 fully saturated rings. The van der Waals surface area contributed by atoms with Crippen LogP contribution in [0, 0.1) is 0 Å². The zero-order valence-corrected chi connectivity index (χ0v) is 18.3. The molecule has 0 bridgehead atoms. The molecule has 4 rings (SSSR count). The Morgan fingerprint density at radius 3 is 2.24 bits per heavy atom. The molecule has 8 nitrogen and oxygen atoms in total. The Labute approximate surface area is 196 Å². The molecule has 0 saturated heterocycles. The van der Waals surface area contributed by atoms with Crippen LogP contribution in [0.3, 0.4) is 0 Å². The first-order chi connectivity index (χ1) is 16.5. The number of amides is 4. The molecule has 0 radical (unpaired) electrons. The summed E-state index contributed by atoms with van der Waals surface area (Å²) in [6.07, 6.45) is 2.51. The number of rotatable bonds is 7. The van der Waals surface area contributed by atoms with Crippen molar-refractivity contribution in [3.05, 3.63) is 107 Å². The fourth-order valence-electron chi connectivity index (χ4n) is 3.73. The van der Waals surface area contributed by atoms with Gasteiger partial charge in [0.15, 0.2) is 0 Å². The summed E-state index contributed by atoms with van der Waals surface area (Å²) in [5.41, 5.74) is 5.14. The average Bonchev–Trinajstić information content (AvgIpc) is 3.30. The number of nitrogens with one attached hydrogen (secondary N) is 3. The molecule has 0 saturated carbocycles. The lowest BCUT2D eigenvalue weighted by Crippen LogP contribution is -2.43. The summed E-state index contributed by atoms with van der Waals surface area (Å²) < 4.78 is 0. The lowest BCUT2D eigenvalue weighted by molar-refractivity contribution is 0.0706. The molecule has 0 atom stereocenters. The number of urea groups is 1. The molecule has 4 aromatic rings. The molecule has 1 heterocycles. The molecule has 0 aliphatic carbocycles. The van der Waals surface area contributed by atoms with E-state index in [2.05, 4.69) is 10.3 Å². The highest BCUT2D eigenvalue weighted by molar-refractivity contribution is 6.04. The first-order valence-electron chi connectivity index (χ1n) is 10.8. The summed E-state index contributed by atoms with van der Waals surface area (Å²) >= 11 is 0. The van der Waals surface area contributed by atoms with E-state index in [0.29, 0.717) is 24.1 Å². The SMILES string of the molecule is O=C(NO)c1ccc(CN(CCc2c[nH]c3ccccc23)C(=O)NC(=O)c2ccccc2)cc1. The topological polar surface area (TPSA) is 115 Å². The van der Waals surface area contributed by atoms with Crippen LogP contribution < -0.4 is 10.8 Å². The van der Waals surface area contributed by atoms with Crippen LogP contribution in [0.2, 0.25) is 0 Å². The van der Waals surface area contributed by atoms with Crippen molar-refractivity contribution < 1.29 is 19.6 Å². The van der Waals surface area contributed by atoms with Crippen molar-refractivity contribution in [3.63, 3.8) is 0 Å². The van der Waals surface area contributed by atoms with Crippen molar-refractivity contribution in [2.24, 2.45) is 0 Å². The number of aromatic amines is 1. The van der Waals surface area contributed by atoms with Gasteiger partial charge in [-0.3, -0.25) is 20.1 Å². The summed E-state index contributed by atoms with van der Waals surface area (Å²) in [4.78, 5) is 42.0. The Hall–Kier alpha value is -4.43. The number of aromatic nitrogens is 1. The number of hydrogen-bond acceptors (Lipinski definition) is 4. The number of imide groups is 1. The Kier molecular flexibility index (Phi) is 7.00. The number of carbonyl (C=O) groups is 3. The van der Waals surface area contributed by atoms with E-state index in [4.69, 9.17) is 5.21 Å². The van der Waals surface area contributed by atoms with Gasteiger partial charge in [0, 0.05) is 41.3 Å². The van der Waals surface area contributed by atoms with Gasteiger partial charge in [-0.05, 0) is 47.9 Å². The molecule has 0 spiro atoms. The van der Waals surface area contributed by atoms with Crippen molar-refractivity contribution in [1.82, 2.24) is 20.7 Å². The Morgan fingerprint density at radius 2 is 1.50 bits per heavy atom. The maximum atomic E-state index is 13.1. The standard InChI is InChI=1S/C26H24N4O4/c31-24(19-6-2-1-3-7-19)28-26(33)30(17-18-10-12-20(13-11-18)25(32)29-34)15-14-21-16-27-23-9-5-4-8-22(21)23/h1-13,16,27,34H,14-15,17H2,(H,29,32)(H,28,31,33). The molecule has 34 heavy (non-hydrogen) atoms. The van der Waals surface area contributed by atoms with Crippen LogP contribution >= 0.6 is 0 Å². The Bertz CT molecular complexity index is 1300. The van der Waals surface area contributed by atoms with Crippen molar-refractivity contribution in [3.8, 4) is 0 Å². The van der Waals surface area contributed by atoms with Gasteiger partial charge in [-0.2, -0.15) is 0 Å². The zero-order valence-electron chi connectivity index (χ0n) is 18.3. The summed E-state index contributed by atoms with van der Waals surface area (Å²) in [7, 11) is 0. The van der Waals surface area contributed by atoms with E-state index in [-0.39, 0.29) is 6.54 Å². The normalized spacial score (nSPS) is 10.6. The maximum absolute atomic E-state index is 13.1. The molecule has 3 aromatic carbocycles. The van der Waals surface area contributed by atoms with Gasteiger partial charge >= 0.3 is 6.03 Å². The first-order valence-corrected chi connectivity index (χ1v) is 10.8. The smallest absolute Gasteiger partial charge is 0.324 e. The number of nitrogens with zero attached hydrogens (tertiary/aromatic N) is 1. The number of carbonyl (C=O) groups excluding carboxylic acids is 3.